The number of rotatable bonds is 8. The number of hydrogen-bond donors (Lipinski definition) is 2. The number of benzene rings is 3. The van der Waals surface area contributed by atoms with Gasteiger partial charge >= 0.3 is 5.97 Å². The first-order valence-corrected chi connectivity index (χ1v) is 10.4. The molecule has 0 saturated heterocycles. The molecular formula is C26H26O5. The van der Waals surface area contributed by atoms with Gasteiger partial charge in [-0.2, -0.15) is 0 Å². The van der Waals surface area contributed by atoms with Crippen molar-refractivity contribution < 1.29 is 24.5 Å². The minimum Gasteiger partial charge on any atom is -0.497 e. The Kier molecular flexibility index (Phi) is 6.23. The summed E-state index contributed by atoms with van der Waals surface area (Å²) >= 11 is 0. The van der Waals surface area contributed by atoms with Crippen LogP contribution in [0.4, 0.5) is 0 Å². The first-order chi connectivity index (χ1) is 15.1. The summed E-state index contributed by atoms with van der Waals surface area (Å²) in [6.45, 7) is 0.372. The normalized spacial score (nSPS) is 14.8. The van der Waals surface area contributed by atoms with Gasteiger partial charge in [0.25, 0.3) is 0 Å². The summed E-state index contributed by atoms with van der Waals surface area (Å²) in [7, 11) is 1.64. The maximum atomic E-state index is 11.0. The number of carboxylic acids is 1. The lowest BCUT2D eigenvalue weighted by Gasteiger charge is -2.18. The predicted octanol–water partition coefficient (Wildman–Crippen LogP) is 4.74. The number of fused-ring (bicyclic) bond motifs is 1. The third kappa shape index (κ3) is 4.72. The maximum Gasteiger partial charge on any atom is 0.335 e. The summed E-state index contributed by atoms with van der Waals surface area (Å²) in [6, 6.07) is 18.9. The number of carbonyl (C=O) groups is 1. The molecule has 1 unspecified atom stereocenters. The Morgan fingerprint density at radius 2 is 1.81 bits per heavy atom. The summed E-state index contributed by atoms with van der Waals surface area (Å²) in [5.74, 6) is 1.04. The van der Waals surface area contributed by atoms with Crippen LogP contribution in [0.25, 0.3) is 0 Å². The molecule has 1 aliphatic carbocycles. The fraction of sp³-hybridized carbons (Fsp3) is 0.269. The summed E-state index contributed by atoms with van der Waals surface area (Å²) in [5.41, 5.74) is 5.75. The number of aliphatic hydroxyl groups is 1. The van der Waals surface area contributed by atoms with E-state index in [1.54, 1.807) is 31.4 Å². The molecule has 0 spiro atoms. The van der Waals surface area contributed by atoms with Gasteiger partial charge in [0.05, 0.1) is 19.3 Å². The molecular weight excluding hydrogens is 392 g/mol. The van der Waals surface area contributed by atoms with Crippen molar-refractivity contribution in [3.05, 3.63) is 94.0 Å². The van der Waals surface area contributed by atoms with Crippen molar-refractivity contribution in [2.24, 2.45) is 0 Å². The van der Waals surface area contributed by atoms with Crippen LogP contribution in [0.2, 0.25) is 0 Å². The minimum absolute atomic E-state index is 0.0134. The van der Waals surface area contributed by atoms with E-state index < -0.39 is 5.97 Å². The second kappa shape index (κ2) is 9.23. The van der Waals surface area contributed by atoms with Crippen LogP contribution >= 0.6 is 0 Å². The number of aromatic carboxylic acids is 1. The first kappa shape index (κ1) is 20.9. The minimum atomic E-state index is -0.932. The standard InChI is InChI=1S/C26H26O5/c1-30-23-13-18(11-19(14-23)15-27)12-22-10-9-20-3-2-4-24(25(20)22)31-16-17-5-7-21(8-6-17)26(28)29/h2-8,11,13-14,22,27H,9-10,12,15-16H2,1H3,(H,28,29). The van der Waals surface area contributed by atoms with Gasteiger partial charge in [0.1, 0.15) is 18.1 Å². The zero-order chi connectivity index (χ0) is 21.8. The summed E-state index contributed by atoms with van der Waals surface area (Å²) < 4.78 is 11.6. The molecule has 0 fully saturated rings. The van der Waals surface area contributed by atoms with E-state index in [-0.39, 0.29) is 12.2 Å². The van der Waals surface area contributed by atoms with Gasteiger partial charge in [-0.1, -0.05) is 30.3 Å². The molecule has 0 saturated carbocycles. The Hall–Kier alpha value is -3.31. The summed E-state index contributed by atoms with van der Waals surface area (Å²) in [5, 5.41) is 18.6. The van der Waals surface area contributed by atoms with Crippen molar-refractivity contribution in [1.82, 2.24) is 0 Å². The lowest BCUT2D eigenvalue weighted by atomic mass is 9.92. The molecule has 1 atom stereocenters. The molecule has 3 aromatic rings. The number of aliphatic hydroxyl groups excluding tert-OH is 1. The third-order valence-corrected chi connectivity index (χ3v) is 5.85. The van der Waals surface area contributed by atoms with E-state index in [9.17, 15) is 9.90 Å². The fourth-order valence-electron chi connectivity index (χ4n) is 4.32. The highest BCUT2D eigenvalue weighted by Crippen LogP contribution is 2.42. The van der Waals surface area contributed by atoms with Crippen LogP contribution in [-0.2, 0) is 26.1 Å². The number of aryl methyl sites for hydroxylation is 1. The third-order valence-electron chi connectivity index (χ3n) is 5.85. The molecule has 3 aromatic carbocycles. The van der Waals surface area contributed by atoms with Gasteiger partial charge in [0, 0.05) is 5.56 Å². The average Bonchev–Trinajstić information content (AvgIpc) is 3.21. The molecule has 31 heavy (non-hydrogen) atoms. The first-order valence-electron chi connectivity index (χ1n) is 10.4. The van der Waals surface area contributed by atoms with Gasteiger partial charge in [-0.3, -0.25) is 0 Å². The Labute approximate surface area is 181 Å². The Morgan fingerprint density at radius 1 is 1.03 bits per heavy atom. The number of hydrogen-bond acceptors (Lipinski definition) is 4. The number of ether oxygens (including phenoxy) is 2. The van der Waals surface area contributed by atoms with Crippen molar-refractivity contribution >= 4 is 5.97 Å². The Morgan fingerprint density at radius 3 is 2.52 bits per heavy atom. The molecule has 5 nitrogen and oxygen atoms in total. The van der Waals surface area contributed by atoms with Gasteiger partial charge in [0.15, 0.2) is 0 Å². The molecule has 0 radical (unpaired) electrons. The predicted molar refractivity (Wildman–Crippen MR) is 118 cm³/mol. The van der Waals surface area contributed by atoms with E-state index in [4.69, 9.17) is 14.6 Å². The van der Waals surface area contributed by atoms with Crippen LogP contribution in [0.3, 0.4) is 0 Å². The topological polar surface area (TPSA) is 76.0 Å². The monoisotopic (exact) mass is 418 g/mol. The zero-order valence-corrected chi connectivity index (χ0v) is 17.5. The van der Waals surface area contributed by atoms with Crippen molar-refractivity contribution in [2.75, 3.05) is 7.11 Å². The quantitative estimate of drug-likeness (QED) is 0.553. The molecule has 0 heterocycles. The van der Waals surface area contributed by atoms with Crippen molar-refractivity contribution in [1.29, 1.82) is 0 Å². The number of methoxy groups -OCH3 is 1. The second-order valence-corrected chi connectivity index (χ2v) is 7.91. The molecule has 0 aliphatic heterocycles. The van der Waals surface area contributed by atoms with Gasteiger partial charge in [-0.05, 0) is 77.8 Å². The Bertz CT molecular complexity index is 1050. The summed E-state index contributed by atoms with van der Waals surface area (Å²) in [4.78, 5) is 11.0. The zero-order valence-electron chi connectivity index (χ0n) is 17.5. The van der Waals surface area contributed by atoms with Crippen molar-refractivity contribution in [3.63, 3.8) is 0 Å². The second-order valence-electron chi connectivity index (χ2n) is 7.91. The van der Waals surface area contributed by atoms with Crippen LogP contribution in [0.15, 0.2) is 60.7 Å². The van der Waals surface area contributed by atoms with Crippen molar-refractivity contribution in [3.8, 4) is 11.5 Å². The maximum absolute atomic E-state index is 11.0. The fourth-order valence-corrected chi connectivity index (χ4v) is 4.32. The van der Waals surface area contributed by atoms with Gasteiger partial charge in [-0.25, -0.2) is 4.79 Å². The highest BCUT2D eigenvalue weighted by atomic mass is 16.5. The molecule has 0 aromatic heterocycles. The van der Waals surface area contributed by atoms with Crippen LogP contribution in [0, 0.1) is 0 Å². The van der Waals surface area contributed by atoms with E-state index >= 15 is 0 Å². The molecule has 0 bridgehead atoms. The number of carboxylic acid groups (broad SMARTS) is 1. The van der Waals surface area contributed by atoms with Crippen LogP contribution in [0.1, 0.15) is 50.5 Å². The van der Waals surface area contributed by atoms with Crippen LogP contribution < -0.4 is 9.47 Å². The summed E-state index contributed by atoms with van der Waals surface area (Å²) in [6.07, 6.45) is 2.92. The lowest BCUT2D eigenvalue weighted by Crippen LogP contribution is -2.05. The highest BCUT2D eigenvalue weighted by Gasteiger charge is 2.26. The SMILES string of the molecule is COc1cc(CO)cc(CC2CCc3cccc(OCc4ccc(C(=O)O)cc4)c32)c1. The lowest BCUT2D eigenvalue weighted by molar-refractivity contribution is 0.0697. The van der Waals surface area contributed by atoms with Gasteiger partial charge in [-0.15, -0.1) is 0 Å². The molecule has 0 amide bonds. The average molecular weight is 418 g/mol. The van der Waals surface area contributed by atoms with E-state index in [2.05, 4.69) is 6.07 Å². The largest absolute Gasteiger partial charge is 0.497 e. The van der Waals surface area contributed by atoms with E-state index in [1.165, 1.54) is 11.1 Å². The van der Waals surface area contributed by atoms with E-state index in [0.29, 0.717) is 12.5 Å². The smallest absolute Gasteiger partial charge is 0.335 e. The molecule has 160 valence electrons. The molecule has 1 aliphatic rings. The van der Waals surface area contributed by atoms with Crippen LogP contribution in [-0.4, -0.2) is 23.3 Å². The molecule has 4 rings (SSSR count). The molecule has 2 N–H and O–H groups in total. The van der Waals surface area contributed by atoms with Gasteiger partial charge in [0.2, 0.25) is 0 Å². The van der Waals surface area contributed by atoms with E-state index in [1.807, 2.05) is 30.3 Å². The van der Waals surface area contributed by atoms with Crippen LogP contribution in [0.5, 0.6) is 11.5 Å². The van der Waals surface area contributed by atoms with Gasteiger partial charge < -0.3 is 19.7 Å². The van der Waals surface area contributed by atoms with Crippen molar-refractivity contribution in [2.45, 2.75) is 38.4 Å². The Balaban J connectivity index is 1.53. The molecule has 5 heteroatoms. The highest BCUT2D eigenvalue weighted by molar-refractivity contribution is 5.87. The van der Waals surface area contributed by atoms with E-state index in [0.717, 1.165) is 47.5 Å².